The molecule has 0 saturated carbocycles. The van der Waals surface area contributed by atoms with Crippen molar-refractivity contribution in [1.29, 1.82) is 0 Å². The van der Waals surface area contributed by atoms with Gasteiger partial charge >= 0.3 is 5.97 Å². The number of aromatic nitrogens is 2. The Bertz CT molecular complexity index is 388. The SMILES string of the molecule is Cc1n[nH]c(C)c1N1CCN(CC(=O)O)CC1. The van der Waals surface area contributed by atoms with Crippen LogP contribution in [0.4, 0.5) is 5.69 Å². The van der Waals surface area contributed by atoms with Crippen LogP contribution >= 0.6 is 0 Å². The first-order valence-corrected chi connectivity index (χ1v) is 5.78. The average molecular weight is 238 g/mol. The zero-order chi connectivity index (χ0) is 12.4. The van der Waals surface area contributed by atoms with Gasteiger partial charge in [0.05, 0.1) is 23.6 Å². The third kappa shape index (κ3) is 2.58. The highest BCUT2D eigenvalue weighted by Crippen LogP contribution is 2.23. The molecule has 0 amide bonds. The molecule has 1 saturated heterocycles. The number of carboxylic acid groups (broad SMARTS) is 1. The molecule has 0 unspecified atom stereocenters. The molecule has 94 valence electrons. The Morgan fingerprint density at radius 3 is 2.47 bits per heavy atom. The van der Waals surface area contributed by atoms with Crippen molar-refractivity contribution in [3.8, 4) is 0 Å². The Hall–Kier alpha value is -1.56. The van der Waals surface area contributed by atoms with Gasteiger partial charge in [0, 0.05) is 26.2 Å². The summed E-state index contributed by atoms with van der Waals surface area (Å²) >= 11 is 0. The van der Waals surface area contributed by atoms with Gasteiger partial charge in [-0.25, -0.2) is 0 Å². The van der Waals surface area contributed by atoms with Crippen molar-refractivity contribution in [2.24, 2.45) is 0 Å². The van der Waals surface area contributed by atoms with E-state index in [1.165, 1.54) is 5.69 Å². The van der Waals surface area contributed by atoms with Crippen LogP contribution in [0.25, 0.3) is 0 Å². The van der Waals surface area contributed by atoms with Crippen LogP contribution in [0.2, 0.25) is 0 Å². The predicted molar refractivity (Wildman–Crippen MR) is 64.4 cm³/mol. The Labute approximate surface area is 100 Å². The van der Waals surface area contributed by atoms with Gasteiger partial charge in [0.2, 0.25) is 0 Å². The van der Waals surface area contributed by atoms with E-state index in [2.05, 4.69) is 15.1 Å². The fourth-order valence-corrected chi connectivity index (χ4v) is 2.33. The number of carboxylic acids is 1. The summed E-state index contributed by atoms with van der Waals surface area (Å²) in [5.41, 5.74) is 3.25. The number of aliphatic carboxylic acids is 1. The van der Waals surface area contributed by atoms with Crippen molar-refractivity contribution >= 4 is 11.7 Å². The van der Waals surface area contributed by atoms with Crippen molar-refractivity contribution < 1.29 is 9.90 Å². The van der Waals surface area contributed by atoms with E-state index in [0.717, 1.165) is 37.6 Å². The summed E-state index contributed by atoms with van der Waals surface area (Å²) in [7, 11) is 0. The van der Waals surface area contributed by atoms with Gasteiger partial charge in [-0.1, -0.05) is 0 Å². The summed E-state index contributed by atoms with van der Waals surface area (Å²) in [6.45, 7) is 7.42. The fourth-order valence-electron chi connectivity index (χ4n) is 2.33. The minimum Gasteiger partial charge on any atom is -0.480 e. The monoisotopic (exact) mass is 238 g/mol. The molecular weight excluding hydrogens is 220 g/mol. The molecule has 0 radical (unpaired) electrons. The van der Waals surface area contributed by atoms with Crippen LogP contribution in [-0.4, -0.2) is 58.9 Å². The number of rotatable bonds is 3. The smallest absolute Gasteiger partial charge is 0.317 e. The van der Waals surface area contributed by atoms with Crippen molar-refractivity contribution in [1.82, 2.24) is 15.1 Å². The molecule has 1 aromatic rings. The first-order valence-electron chi connectivity index (χ1n) is 5.78. The molecule has 0 aromatic carbocycles. The molecule has 1 aromatic heterocycles. The van der Waals surface area contributed by atoms with Gasteiger partial charge < -0.3 is 10.0 Å². The highest BCUT2D eigenvalue weighted by Gasteiger charge is 2.22. The molecule has 2 rings (SSSR count). The standard InChI is InChI=1S/C11H18N4O2/c1-8-11(9(2)13-12-8)15-5-3-14(4-6-15)7-10(16)17/h3-7H2,1-2H3,(H,12,13)(H,16,17). The van der Waals surface area contributed by atoms with E-state index in [1.54, 1.807) is 0 Å². The van der Waals surface area contributed by atoms with Crippen LogP contribution in [0.15, 0.2) is 0 Å². The number of nitrogens with one attached hydrogen (secondary N) is 1. The zero-order valence-electron chi connectivity index (χ0n) is 10.2. The Kier molecular flexibility index (Phi) is 3.33. The van der Waals surface area contributed by atoms with Crippen LogP contribution in [0, 0.1) is 13.8 Å². The molecule has 0 bridgehead atoms. The lowest BCUT2D eigenvalue weighted by Crippen LogP contribution is -2.48. The largest absolute Gasteiger partial charge is 0.480 e. The van der Waals surface area contributed by atoms with Crippen LogP contribution in [0.1, 0.15) is 11.4 Å². The lowest BCUT2D eigenvalue weighted by atomic mass is 10.2. The van der Waals surface area contributed by atoms with Gasteiger partial charge in [0.1, 0.15) is 0 Å². The number of piperazine rings is 1. The summed E-state index contributed by atoms with van der Waals surface area (Å²) < 4.78 is 0. The molecule has 0 aliphatic carbocycles. The van der Waals surface area contributed by atoms with Gasteiger partial charge in [-0.2, -0.15) is 5.10 Å². The van der Waals surface area contributed by atoms with Gasteiger partial charge in [0.25, 0.3) is 0 Å². The average Bonchev–Trinajstić information content (AvgIpc) is 2.59. The molecule has 6 nitrogen and oxygen atoms in total. The first-order chi connectivity index (χ1) is 8.08. The van der Waals surface area contributed by atoms with Gasteiger partial charge in [0.15, 0.2) is 0 Å². The molecule has 2 heterocycles. The number of carbonyl (C=O) groups is 1. The number of aryl methyl sites for hydroxylation is 2. The van der Waals surface area contributed by atoms with E-state index < -0.39 is 5.97 Å². The van der Waals surface area contributed by atoms with Crippen LogP contribution in [0.3, 0.4) is 0 Å². The second-order valence-electron chi connectivity index (χ2n) is 4.44. The van der Waals surface area contributed by atoms with Crippen LogP contribution in [-0.2, 0) is 4.79 Å². The molecule has 1 fully saturated rings. The highest BCUT2D eigenvalue weighted by atomic mass is 16.4. The zero-order valence-corrected chi connectivity index (χ0v) is 10.2. The van der Waals surface area contributed by atoms with Crippen LogP contribution in [0.5, 0.6) is 0 Å². The molecule has 17 heavy (non-hydrogen) atoms. The Morgan fingerprint density at radius 2 is 2.00 bits per heavy atom. The van der Waals surface area contributed by atoms with Crippen molar-refractivity contribution in [2.45, 2.75) is 13.8 Å². The van der Waals surface area contributed by atoms with E-state index in [1.807, 2.05) is 18.7 Å². The third-order valence-electron chi connectivity index (χ3n) is 3.14. The quantitative estimate of drug-likeness (QED) is 0.789. The molecule has 2 N–H and O–H groups in total. The van der Waals surface area contributed by atoms with E-state index >= 15 is 0 Å². The maximum Gasteiger partial charge on any atom is 0.317 e. The van der Waals surface area contributed by atoms with Crippen LogP contribution < -0.4 is 4.90 Å². The second kappa shape index (κ2) is 4.75. The van der Waals surface area contributed by atoms with Crippen molar-refractivity contribution in [2.75, 3.05) is 37.6 Å². The Morgan fingerprint density at radius 1 is 1.35 bits per heavy atom. The van der Waals surface area contributed by atoms with E-state index in [0.29, 0.717) is 0 Å². The number of anilines is 1. The summed E-state index contributed by atoms with van der Waals surface area (Å²) in [6, 6.07) is 0. The van der Waals surface area contributed by atoms with E-state index in [4.69, 9.17) is 5.11 Å². The topological polar surface area (TPSA) is 72.5 Å². The van der Waals surface area contributed by atoms with Crippen molar-refractivity contribution in [3.63, 3.8) is 0 Å². The maximum atomic E-state index is 10.6. The van der Waals surface area contributed by atoms with Gasteiger partial charge in [-0.15, -0.1) is 0 Å². The van der Waals surface area contributed by atoms with Gasteiger partial charge in [-0.05, 0) is 13.8 Å². The normalized spacial score (nSPS) is 17.4. The van der Waals surface area contributed by atoms with Gasteiger partial charge in [-0.3, -0.25) is 14.8 Å². The fraction of sp³-hybridized carbons (Fsp3) is 0.636. The maximum absolute atomic E-state index is 10.6. The second-order valence-corrected chi connectivity index (χ2v) is 4.44. The molecule has 6 heteroatoms. The van der Waals surface area contributed by atoms with E-state index in [9.17, 15) is 4.79 Å². The molecular formula is C11H18N4O2. The minimum atomic E-state index is -0.755. The number of aromatic amines is 1. The Balaban J connectivity index is 1.97. The summed E-state index contributed by atoms with van der Waals surface area (Å²) in [6.07, 6.45) is 0. The third-order valence-corrected chi connectivity index (χ3v) is 3.14. The number of hydrogen-bond donors (Lipinski definition) is 2. The predicted octanol–water partition coefficient (Wildman–Crippen LogP) is 0.233. The first kappa shape index (κ1) is 11.9. The molecule has 0 atom stereocenters. The molecule has 1 aliphatic heterocycles. The lowest BCUT2D eigenvalue weighted by Gasteiger charge is -2.35. The van der Waals surface area contributed by atoms with E-state index in [-0.39, 0.29) is 6.54 Å². The minimum absolute atomic E-state index is 0.136. The molecule has 1 aliphatic rings. The van der Waals surface area contributed by atoms with Crippen molar-refractivity contribution in [3.05, 3.63) is 11.4 Å². The summed E-state index contributed by atoms with van der Waals surface area (Å²) in [5.74, 6) is -0.755. The summed E-state index contributed by atoms with van der Waals surface area (Å²) in [4.78, 5) is 14.8. The highest BCUT2D eigenvalue weighted by molar-refractivity contribution is 5.69. The molecule has 0 spiro atoms. The number of hydrogen-bond acceptors (Lipinski definition) is 4. The number of nitrogens with zero attached hydrogens (tertiary/aromatic N) is 3. The summed E-state index contributed by atoms with van der Waals surface area (Å²) in [5, 5.41) is 15.9. The lowest BCUT2D eigenvalue weighted by molar-refractivity contribution is -0.138. The number of H-pyrrole nitrogens is 1.